The maximum absolute atomic E-state index is 12.3. The number of aliphatic hydroxyl groups is 1. The fourth-order valence-electron chi connectivity index (χ4n) is 2.96. The van der Waals surface area contributed by atoms with Crippen LogP contribution in [0.25, 0.3) is 0 Å². The van der Waals surface area contributed by atoms with E-state index in [1.807, 2.05) is 4.90 Å². The van der Waals surface area contributed by atoms with Gasteiger partial charge in [-0.2, -0.15) is 5.10 Å². The Balaban J connectivity index is 1.67. The highest BCUT2D eigenvalue weighted by Crippen LogP contribution is 2.24. The summed E-state index contributed by atoms with van der Waals surface area (Å²) in [7, 11) is 1.68. The van der Waals surface area contributed by atoms with Gasteiger partial charge in [-0.1, -0.05) is 0 Å². The van der Waals surface area contributed by atoms with Gasteiger partial charge in [0, 0.05) is 32.2 Å². The molecule has 1 amide bonds. The van der Waals surface area contributed by atoms with Crippen molar-refractivity contribution < 1.29 is 9.90 Å². The Labute approximate surface area is 134 Å². The van der Waals surface area contributed by atoms with E-state index in [0.29, 0.717) is 24.6 Å². The number of H-pyrrole nitrogens is 1. The molecule has 2 N–H and O–H groups in total. The average molecular weight is 316 g/mol. The Morgan fingerprint density at radius 2 is 2.22 bits per heavy atom. The van der Waals surface area contributed by atoms with E-state index < -0.39 is 5.60 Å². The smallest absolute Gasteiger partial charge is 0.271 e. The quantitative estimate of drug-likeness (QED) is 0.842. The van der Waals surface area contributed by atoms with E-state index in [2.05, 4.69) is 20.2 Å². The van der Waals surface area contributed by atoms with Crippen LogP contribution < -0.4 is 4.90 Å². The molecule has 1 saturated heterocycles. The van der Waals surface area contributed by atoms with Crippen molar-refractivity contribution >= 4 is 11.9 Å². The van der Waals surface area contributed by atoms with E-state index in [4.69, 9.17) is 0 Å². The standard InChI is InChI=1S/C15H20N6O2/c1-20(13(22)12-4-8-18-19-12)10-15(23)5-2-9-21(11-15)14-16-6-3-7-17-14/h3-4,6-8,23H,2,5,9-11H2,1H3,(H,18,19)/t15-/m0/s1. The number of carbonyl (C=O) groups excluding carboxylic acids is 1. The zero-order chi connectivity index (χ0) is 16.3. The second-order valence-electron chi connectivity index (χ2n) is 5.93. The van der Waals surface area contributed by atoms with Gasteiger partial charge in [-0.15, -0.1) is 0 Å². The Bertz CT molecular complexity index is 647. The monoisotopic (exact) mass is 316 g/mol. The molecule has 0 unspecified atom stereocenters. The summed E-state index contributed by atoms with van der Waals surface area (Å²) >= 11 is 0. The molecule has 2 aromatic heterocycles. The van der Waals surface area contributed by atoms with Crippen molar-refractivity contribution in [1.82, 2.24) is 25.1 Å². The highest BCUT2D eigenvalue weighted by molar-refractivity contribution is 5.92. The third-order valence-corrected chi connectivity index (χ3v) is 4.00. The number of carbonyl (C=O) groups is 1. The number of aromatic nitrogens is 4. The zero-order valence-electron chi connectivity index (χ0n) is 13.0. The summed E-state index contributed by atoms with van der Waals surface area (Å²) in [4.78, 5) is 24.2. The van der Waals surface area contributed by atoms with E-state index in [1.165, 1.54) is 11.1 Å². The van der Waals surface area contributed by atoms with Crippen LogP contribution in [0.3, 0.4) is 0 Å². The number of β-amino-alcohol motifs (C(OH)–C–C–N with tert-alkyl or cyclic N) is 1. The lowest BCUT2D eigenvalue weighted by molar-refractivity contribution is -0.000441. The van der Waals surface area contributed by atoms with E-state index in [0.717, 1.165) is 13.0 Å². The summed E-state index contributed by atoms with van der Waals surface area (Å²) in [6.07, 6.45) is 6.36. The molecule has 0 radical (unpaired) electrons. The highest BCUT2D eigenvalue weighted by atomic mass is 16.3. The van der Waals surface area contributed by atoms with Gasteiger partial charge in [-0.05, 0) is 25.0 Å². The van der Waals surface area contributed by atoms with E-state index in [1.54, 1.807) is 31.6 Å². The van der Waals surface area contributed by atoms with E-state index in [-0.39, 0.29) is 12.5 Å². The molecule has 2 aromatic rings. The van der Waals surface area contributed by atoms with Crippen LogP contribution in [0.2, 0.25) is 0 Å². The molecule has 0 saturated carbocycles. The molecule has 1 aliphatic rings. The molecule has 3 rings (SSSR count). The van der Waals surface area contributed by atoms with Gasteiger partial charge in [0.1, 0.15) is 5.69 Å². The van der Waals surface area contributed by atoms with Crippen molar-refractivity contribution in [3.8, 4) is 0 Å². The first-order valence-electron chi connectivity index (χ1n) is 7.57. The number of amides is 1. The lowest BCUT2D eigenvalue weighted by Crippen LogP contribution is -2.55. The van der Waals surface area contributed by atoms with Crippen LogP contribution in [0.1, 0.15) is 23.3 Å². The average Bonchev–Trinajstić information content (AvgIpc) is 3.09. The normalized spacial score (nSPS) is 21.2. The first kappa shape index (κ1) is 15.4. The number of anilines is 1. The molecule has 8 nitrogen and oxygen atoms in total. The maximum atomic E-state index is 12.3. The minimum absolute atomic E-state index is 0.191. The molecule has 1 fully saturated rings. The van der Waals surface area contributed by atoms with Crippen LogP contribution in [-0.4, -0.2) is 68.4 Å². The molecule has 8 heteroatoms. The van der Waals surface area contributed by atoms with Crippen molar-refractivity contribution in [3.63, 3.8) is 0 Å². The van der Waals surface area contributed by atoms with Crippen molar-refractivity contribution in [1.29, 1.82) is 0 Å². The van der Waals surface area contributed by atoms with Gasteiger partial charge in [0.25, 0.3) is 5.91 Å². The molecule has 0 aromatic carbocycles. The molecule has 0 spiro atoms. The molecule has 122 valence electrons. The van der Waals surface area contributed by atoms with Gasteiger partial charge in [-0.25, -0.2) is 9.97 Å². The lowest BCUT2D eigenvalue weighted by atomic mass is 9.92. The number of hydrogen-bond donors (Lipinski definition) is 2. The van der Waals surface area contributed by atoms with Crippen molar-refractivity contribution in [2.24, 2.45) is 0 Å². The Hall–Kier alpha value is -2.48. The Morgan fingerprint density at radius 3 is 2.91 bits per heavy atom. The summed E-state index contributed by atoms with van der Waals surface area (Å²) in [5.74, 6) is 0.414. The predicted octanol–water partition coefficient (Wildman–Crippen LogP) is 0.303. The van der Waals surface area contributed by atoms with Gasteiger partial charge in [0.2, 0.25) is 5.95 Å². The maximum Gasteiger partial charge on any atom is 0.271 e. The number of hydrogen-bond acceptors (Lipinski definition) is 6. The Morgan fingerprint density at radius 1 is 1.43 bits per heavy atom. The van der Waals surface area contributed by atoms with Gasteiger partial charge in [0.05, 0.1) is 18.7 Å². The Kier molecular flexibility index (Phi) is 4.24. The number of nitrogens with zero attached hydrogens (tertiary/aromatic N) is 5. The molecular weight excluding hydrogens is 296 g/mol. The molecule has 0 aliphatic carbocycles. The third kappa shape index (κ3) is 3.48. The summed E-state index contributed by atoms with van der Waals surface area (Å²) in [5.41, 5.74) is -0.572. The second kappa shape index (κ2) is 6.33. The van der Waals surface area contributed by atoms with E-state index >= 15 is 0 Å². The number of nitrogens with one attached hydrogen (secondary N) is 1. The topological polar surface area (TPSA) is 98.2 Å². The largest absolute Gasteiger partial charge is 0.386 e. The zero-order valence-corrected chi connectivity index (χ0v) is 13.0. The number of likely N-dealkylation sites (N-methyl/N-ethyl adjacent to an activating group) is 1. The van der Waals surface area contributed by atoms with Crippen molar-refractivity contribution in [2.45, 2.75) is 18.4 Å². The molecular formula is C15H20N6O2. The predicted molar refractivity (Wildman–Crippen MR) is 84.0 cm³/mol. The van der Waals surface area contributed by atoms with Crippen LogP contribution in [0, 0.1) is 0 Å². The number of aromatic amines is 1. The molecule has 0 bridgehead atoms. The molecule has 23 heavy (non-hydrogen) atoms. The third-order valence-electron chi connectivity index (χ3n) is 4.00. The van der Waals surface area contributed by atoms with Crippen LogP contribution in [-0.2, 0) is 0 Å². The SMILES string of the molecule is CN(C[C@@]1(O)CCCN(c2ncccn2)C1)C(=O)c1ccn[nH]1. The fraction of sp³-hybridized carbons (Fsp3) is 0.467. The van der Waals surface area contributed by atoms with E-state index in [9.17, 15) is 9.90 Å². The fourth-order valence-corrected chi connectivity index (χ4v) is 2.96. The summed E-state index contributed by atoms with van der Waals surface area (Å²) in [6, 6.07) is 3.38. The number of piperidine rings is 1. The highest BCUT2D eigenvalue weighted by Gasteiger charge is 2.36. The van der Waals surface area contributed by atoms with Crippen LogP contribution >= 0.6 is 0 Å². The van der Waals surface area contributed by atoms with Gasteiger partial charge >= 0.3 is 0 Å². The van der Waals surface area contributed by atoms with Gasteiger partial charge in [-0.3, -0.25) is 9.89 Å². The summed E-state index contributed by atoms with van der Waals surface area (Å²) in [6.45, 7) is 1.44. The van der Waals surface area contributed by atoms with Crippen LogP contribution in [0.4, 0.5) is 5.95 Å². The number of rotatable bonds is 4. The van der Waals surface area contributed by atoms with Crippen molar-refractivity contribution in [2.75, 3.05) is 31.6 Å². The van der Waals surface area contributed by atoms with Crippen LogP contribution in [0.15, 0.2) is 30.7 Å². The molecule has 1 aliphatic heterocycles. The van der Waals surface area contributed by atoms with Gasteiger partial charge < -0.3 is 14.9 Å². The van der Waals surface area contributed by atoms with Gasteiger partial charge in [0.15, 0.2) is 0 Å². The van der Waals surface area contributed by atoms with Crippen LogP contribution in [0.5, 0.6) is 0 Å². The lowest BCUT2D eigenvalue weighted by Gasteiger charge is -2.41. The van der Waals surface area contributed by atoms with Crippen molar-refractivity contribution in [3.05, 3.63) is 36.4 Å². The minimum Gasteiger partial charge on any atom is -0.386 e. The molecule has 3 heterocycles. The molecule has 1 atom stereocenters. The summed E-state index contributed by atoms with van der Waals surface area (Å²) < 4.78 is 0. The second-order valence-corrected chi connectivity index (χ2v) is 5.93. The first-order valence-corrected chi connectivity index (χ1v) is 7.57. The summed E-state index contributed by atoms with van der Waals surface area (Å²) in [5, 5.41) is 17.3. The first-order chi connectivity index (χ1) is 11.1. The minimum atomic E-state index is -0.984.